The van der Waals surface area contributed by atoms with Crippen molar-refractivity contribution >= 4 is 56.8 Å². The number of amides is 1. The van der Waals surface area contributed by atoms with Crippen molar-refractivity contribution < 1.29 is 83.3 Å². The zero-order valence-electron chi connectivity index (χ0n) is 39.7. The number of nitrogens with one attached hydrogen (secondary N) is 1. The Morgan fingerprint density at radius 2 is 1.61 bits per heavy atom. The molecule has 2 aromatic heterocycles. The number of methoxy groups -OCH3 is 1. The molecule has 1 saturated heterocycles. The van der Waals surface area contributed by atoms with Crippen LogP contribution in [-0.2, 0) is 33.3 Å². The van der Waals surface area contributed by atoms with E-state index in [1.165, 1.54) is 53.2 Å². The molecule has 1 amide bonds. The van der Waals surface area contributed by atoms with E-state index < -0.39 is 114 Å². The summed E-state index contributed by atoms with van der Waals surface area (Å²) in [6.45, 7) is 14.1. The van der Waals surface area contributed by atoms with Gasteiger partial charge in [0.25, 0.3) is 11.7 Å². The van der Waals surface area contributed by atoms with Gasteiger partial charge in [-0.2, -0.15) is 0 Å². The van der Waals surface area contributed by atoms with Gasteiger partial charge in [-0.3, -0.25) is 18.8 Å². The normalized spacial score (nSPS) is 34.2. The number of aryl methyl sites for hydroxylation is 1. The molecular formula is C49H59N3O17. The highest BCUT2D eigenvalue weighted by Crippen LogP contribution is 2.55. The highest BCUT2D eigenvalue weighted by atomic mass is 16.7. The molecule has 2 aromatic carbocycles. The standard InChI is InChI=1S/C49H59N3O17/c1-19-14-16-52-28(18-19)50-32-29-30-37(56)33(34(32)52)51-46(61)21(3)13-11-12-20(2)35(54)23(5)36(55)24(6)41(66-26(8)53)22(4)27(64-10)15-17-65-49(9)45(60)31(29)43(69-49)25(7)42(30)67-48-40(59)38(57)39(58)44(68-48)47(62)63/h11-18,20,22-24,27,35-36,38-41,44,48,54-59H,1-10H3,(H,51,61)(H,62,63)/b12-11+,17-15+,21-13-/t20-,22+,23+,24+,27-,35-,36+,38?,39?,40?,41+,44?,48?,49-/m0/s1. The Hall–Kier alpha value is -6.13. The molecule has 4 bridgehead atoms. The number of nitrogens with zero attached hydrogens (tertiary/aromatic N) is 2. The highest BCUT2D eigenvalue weighted by molar-refractivity contribution is 6.28. The third kappa shape index (κ3) is 9.01. The fraction of sp³-hybridized carbons (Fsp3) is 0.490. The maximum Gasteiger partial charge on any atom is 0.335 e. The van der Waals surface area contributed by atoms with E-state index >= 15 is 4.79 Å². The van der Waals surface area contributed by atoms with Crippen LogP contribution in [0.4, 0.5) is 5.69 Å². The second-order valence-electron chi connectivity index (χ2n) is 18.4. The molecular weight excluding hydrogens is 903 g/mol. The van der Waals surface area contributed by atoms with E-state index in [2.05, 4.69) is 5.32 Å². The maximum absolute atomic E-state index is 15.1. The first-order valence-electron chi connectivity index (χ1n) is 22.5. The number of imidazole rings is 1. The molecule has 3 aliphatic rings. The fourth-order valence-electron chi connectivity index (χ4n) is 9.43. The molecule has 1 fully saturated rings. The highest BCUT2D eigenvalue weighted by Gasteiger charge is 2.52. The number of aliphatic hydroxyl groups is 5. The third-order valence-corrected chi connectivity index (χ3v) is 13.5. The van der Waals surface area contributed by atoms with E-state index in [4.69, 9.17) is 33.4 Å². The van der Waals surface area contributed by atoms with Crippen molar-refractivity contribution in [2.24, 2.45) is 23.7 Å². The molecule has 0 spiro atoms. The van der Waals surface area contributed by atoms with Gasteiger partial charge in [0.15, 0.2) is 11.9 Å². The van der Waals surface area contributed by atoms with Crippen LogP contribution in [-0.4, -0.2) is 137 Å². The van der Waals surface area contributed by atoms with Crippen LogP contribution in [0.15, 0.2) is 54.5 Å². The number of carbonyl (C=O) groups excluding carboxylic acids is 3. The van der Waals surface area contributed by atoms with Gasteiger partial charge in [-0.05, 0) is 44.5 Å². The van der Waals surface area contributed by atoms with Gasteiger partial charge in [0.2, 0.25) is 6.29 Å². The number of aliphatic carboxylic acids is 1. The molecule has 8 N–H and O–H groups in total. The number of aromatic hydroxyl groups is 1. The summed E-state index contributed by atoms with van der Waals surface area (Å²) in [4.78, 5) is 58.8. The minimum atomic E-state index is -2.17. The van der Waals surface area contributed by atoms with Crippen LogP contribution in [0, 0.1) is 37.5 Å². The molecule has 14 atom stereocenters. The number of phenols is 1. The average molecular weight is 962 g/mol. The predicted octanol–water partition coefficient (Wildman–Crippen LogP) is 3.72. The lowest BCUT2D eigenvalue weighted by Gasteiger charge is -2.38. The number of carboxylic acids is 1. The number of hydrogen-bond acceptors (Lipinski definition) is 17. The number of pyridine rings is 1. The SMILES string of the molecule is CO[C@H]1/C=C/O[C@@]2(C)Oc3c(C)c(OC4OC(C(=O)O)C(O)C(O)C4O)c4c(O)c(c5c(nc6cc(C)ccn65)c4c3C2=O)NC(=O)/C(C)=C\C=C\[C@H](C)[C@H](O)[C@@H](C)[C@@H](O)[C@@H](C)[C@H](OC(C)=O)[C@@H]1C. The smallest absolute Gasteiger partial charge is 0.335 e. The summed E-state index contributed by atoms with van der Waals surface area (Å²) in [6, 6.07) is 3.48. The van der Waals surface area contributed by atoms with Crippen molar-refractivity contribution in [1.29, 1.82) is 0 Å². The van der Waals surface area contributed by atoms with Gasteiger partial charge in [0.05, 0.1) is 35.5 Å². The summed E-state index contributed by atoms with van der Waals surface area (Å²) in [5, 5.41) is 80.4. The van der Waals surface area contributed by atoms with E-state index in [-0.39, 0.29) is 55.7 Å². The number of phenolic OH excluding ortho intramolecular Hbond substituents is 1. The van der Waals surface area contributed by atoms with Crippen molar-refractivity contribution in [2.45, 2.75) is 123 Å². The Labute approximate surface area is 396 Å². The minimum Gasteiger partial charge on any atom is -0.505 e. The minimum absolute atomic E-state index is 0.0191. The monoisotopic (exact) mass is 961 g/mol. The summed E-state index contributed by atoms with van der Waals surface area (Å²) in [5.41, 5.74) is 1.02. The Morgan fingerprint density at radius 1 is 0.913 bits per heavy atom. The fourth-order valence-corrected chi connectivity index (χ4v) is 9.43. The first-order chi connectivity index (χ1) is 32.4. The number of ketones is 1. The molecule has 5 unspecified atom stereocenters. The summed E-state index contributed by atoms with van der Waals surface area (Å²) < 4.78 is 37.5. The number of ether oxygens (including phenoxy) is 6. The third-order valence-electron chi connectivity index (χ3n) is 13.5. The van der Waals surface area contributed by atoms with E-state index in [0.29, 0.717) is 5.65 Å². The summed E-state index contributed by atoms with van der Waals surface area (Å²) in [7, 11) is 1.41. The van der Waals surface area contributed by atoms with Gasteiger partial charge in [0, 0.05) is 67.3 Å². The van der Waals surface area contributed by atoms with Crippen molar-refractivity contribution in [3.63, 3.8) is 0 Å². The number of rotatable bonds is 5. The number of aromatic nitrogens is 2. The Morgan fingerprint density at radius 3 is 2.26 bits per heavy atom. The molecule has 372 valence electrons. The lowest BCUT2D eigenvalue weighted by molar-refractivity contribution is -0.271. The van der Waals surface area contributed by atoms with E-state index in [0.717, 1.165) is 5.56 Å². The van der Waals surface area contributed by atoms with Crippen LogP contribution in [0.5, 0.6) is 17.2 Å². The van der Waals surface area contributed by atoms with Crippen LogP contribution in [0.1, 0.15) is 70.0 Å². The first-order valence-corrected chi connectivity index (χ1v) is 22.5. The van der Waals surface area contributed by atoms with Crippen molar-refractivity contribution in [1.82, 2.24) is 9.38 Å². The number of benzene rings is 2. The molecule has 7 rings (SSSR count). The van der Waals surface area contributed by atoms with Gasteiger partial charge in [-0.1, -0.05) is 45.9 Å². The van der Waals surface area contributed by atoms with Gasteiger partial charge in [-0.25, -0.2) is 9.78 Å². The predicted molar refractivity (Wildman–Crippen MR) is 246 cm³/mol. The summed E-state index contributed by atoms with van der Waals surface area (Å²) in [5.74, 6) is -9.85. The molecule has 20 nitrogen and oxygen atoms in total. The number of anilines is 1. The van der Waals surface area contributed by atoms with Gasteiger partial charge >= 0.3 is 17.7 Å². The second-order valence-corrected chi connectivity index (χ2v) is 18.4. The Balaban J connectivity index is 1.50. The molecule has 0 saturated carbocycles. The van der Waals surface area contributed by atoms with E-state index in [1.807, 2.05) is 6.92 Å². The number of esters is 1. The van der Waals surface area contributed by atoms with Crippen LogP contribution in [0.3, 0.4) is 0 Å². The second kappa shape index (κ2) is 19.3. The maximum atomic E-state index is 15.1. The van der Waals surface area contributed by atoms with E-state index in [9.17, 15) is 50.1 Å². The van der Waals surface area contributed by atoms with Crippen LogP contribution in [0.25, 0.3) is 27.5 Å². The van der Waals surface area contributed by atoms with Crippen molar-refractivity contribution in [3.8, 4) is 17.2 Å². The Kier molecular flexibility index (Phi) is 14.2. The van der Waals surface area contributed by atoms with Crippen LogP contribution >= 0.6 is 0 Å². The molecule has 20 heteroatoms. The van der Waals surface area contributed by atoms with Gasteiger partial charge < -0.3 is 69.5 Å². The number of aliphatic hydroxyl groups excluding tert-OH is 5. The van der Waals surface area contributed by atoms with Crippen molar-refractivity contribution in [2.75, 3.05) is 12.4 Å². The number of fused-ring (bicyclic) bond motifs is 2. The molecule has 0 radical (unpaired) electrons. The van der Waals surface area contributed by atoms with Gasteiger partial charge in [-0.15, -0.1) is 0 Å². The molecule has 69 heavy (non-hydrogen) atoms. The topological polar surface area (TPSA) is 295 Å². The molecule has 5 heterocycles. The molecule has 3 aliphatic heterocycles. The summed E-state index contributed by atoms with van der Waals surface area (Å²) in [6.07, 6.45) is -5.47. The summed E-state index contributed by atoms with van der Waals surface area (Å²) >= 11 is 0. The molecule has 4 aromatic rings. The zero-order chi connectivity index (χ0) is 50.7. The number of carboxylic acid groups (broad SMARTS) is 1. The quantitative estimate of drug-likeness (QED) is 0.104. The largest absolute Gasteiger partial charge is 0.505 e. The number of allylic oxidation sites excluding steroid dienone is 2. The number of carbonyl (C=O) groups is 4. The first kappa shape index (κ1) is 50.7. The van der Waals surface area contributed by atoms with Crippen LogP contribution < -0.4 is 14.8 Å². The number of Topliss-reactive ketones (excluding diaryl/α,β-unsaturated/α-hetero) is 1. The number of hydrogen-bond donors (Lipinski definition) is 8. The lowest BCUT2D eigenvalue weighted by atomic mass is 9.78. The van der Waals surface area contributed by atoms with E-state index in [1.54, 1.807) is 62.6 Å². The Bertz CT molecular complexity index is 2800. The van der Waals surface area contributed by atoms with Crippen molar-refractivity contribution in [3.05, 3.63) is 71.2 Å². The van der Waals surface area contributed by atoms with Crippen LogP contribution in [0.2, 0.25) is 0 Å². The van der Waals surface area contributed by atoms with Gasteiger partial charge in [0.1, 0.15) is 58.3 Å². The average Bonchev–Trinajstić information content (AvgIpc) is 3.80. The zero-order valence-corrected chi connectivity index (χ0v) is 39.7. The lowest BCUT2D eigenvalue weighted by Crippen LogP contribution is -2.61. The molecule has 0 aliphatic carbocycles.